The topological polar surface area (TPSA) is 70.6 Å². The zero-order valence-electron chi connectivity index (χ0n) is 27.2. The Balaban J connectivity index is 1.45. The van der Waals surface area contributed by atoms with E-state index in [0.717, 1.165) is 63.7 Å². The molecule has 3 fully saturated rings. The van der Waals surface area contributed by atoms with Crippen LogP contribution in [0.25, 0.3) is 0 Å². The number of amides is 1. The molecule has 0 heterocycles. The summed E-state index contributed by atoms with van der Waals surface area (Å²) in [5.74, 6) is 2.25. The van der Waals surface area contributed by atoms with E-state index in [4.69, 9.17) is 4.74 Å². The summed E-state index contributed by atoms with van der Waals surface area (Å²) in [6, 6.07) is 0. The van der Waals surface area contributed by atoms with Gasteiger partial charge >= 0.3 is 0 Å². The Bertz CT molecular complexity index is 923. The van der Waals surface area contributed by atoms with Crippen molar-refractivity contribution < 1.29 is 19.1 Å². The molecule has 1 amide bonds. The monoisotopic (exact) mass is 588 g/mol. The molecule has 0 saturated heterocycles. The highest BCUT2D eigenvalue weighted by molar-refractivity contribution is 5.75. The summed E-state index contributed by atoms with van der Waals surface area (Å²) >= 11 is 0. The Morgan fingerprint density at radius 3 is 2.71 bits per heavy atom. The highest BCUT2D eigenvalue weighted by Gasteiger charge is 2.50. The van der Waals surface area contributed by atoms with Gasteiger partial charge in [-0.05, 0) is 120 Å². The Morgan fingerprint density at radius 1 is 1.14 bits per heavy atom. The molecular weight excluding hydrogens is 527 g/mol. The molecule has 3 N–H and O–H groups in total. The van der Waals surface area contributed by atoms with E-state index < -0.39 is 5.60 Å². The first-order valence-corrected chi connectivity index (χ1v) is 17.1. The van der Waals surface area contributed by atoms with E-state index in [0.29, 0.717) is 43.4 Å². The average Bonchev–Trinajstić information content (AvgIpc) is 3.29. The Labute approximate surface area is 256 Å². The molecule has 0 aromatic rings. The summed E-state index contributed by atoms with van der Waals surface area (Å²) in [6.45, 7) is 14.9. The molecule has 3 aliphatic rings. The Hall–Kier alpha value is -1.50. The molecule has 6 heteroatoms. The Kier molecular flexibility index (Phi) is 14.3. The summed E-state index contributed by atoms with van der Waals surface area (Å²) in [5, 5.41) is 13.1. The number of carbonyl (C=O) groups excluding carboxylic acids is 1. The molecule has 240 valence electrons. The molecule has 0 aliphatic heterocycles. The predicted octanol–water partition coefficient (Wildman–Crippen LogP) is 8.30. The highest BCUT2D eigenvalue weighted by Crippen LogP contribution is 2.60. The summed E-state index contributed by atoms with van der Waals surface area (Å²) in [4.78, 5) is 12.0. The second-order valence-corrected chi connectivity index (χ2v) is 14.4. The molecule has 3 aliphatic carbocycles. The fraction of sp³-hybridized carbons (Fsp3) is 0.806. The number of aliphatic hydroxyl groups is 1. The van der Waals surface area contributed by atoms with Crippen molar-refractivity contribution in [3.8, 4) is 0 Å². The van der Waals surface area contributed by atoms with Gasteiger partial charge in [-0.3, -0.25) is 4.79 Å². The first-order valence-electron chi connectivity index (χ1n) is 17.1. The van der Waals surface area contributed by atoms with E-state index in [1.807, 2.05) is 13.8 Å². The number of ether oxygens (including phenoxy) is 1. The lowest BCUT2D eigenvalue weighted by atomic mass is 9.60. The van der Waals surface area contributed by atoms with Gasteiger partial charge in [0.1, 0.15) is 0 Å². The third-order valence-corrected chi connectivity index (χ3v) is 10.5. The molecule has 5 atom stereocenters. The third kappa shape index (κ3) is 10.9. The SMILES string of the molecule is C=C1CCC(OCCCNC(=O)CCCCCNF)C/C1=C/C=C1\CCC[C@@]2(C)C1CCC2[C@H](C)CCCC(C)(C)O. The summed E-state index contributed by atoms with van der Waals surface area (Å²) in [6.07, 6.45) is 21.4. The van der Waals surface area contributed by atoms with Gasteiger partial charge in [0.2, 0.25) is 5.91 Å². The van der Waals surface area contributed by atoms with Gasteiger partial charge in [-0.25, -0.2) is 0 Å². The van der Waals surface area contributed by atoms with Gasteiger partial charge in [0.25, 0.3) is 0 Å². The van der Waals surface area contributed by atoms with Crippen LogP contribution in [0.2, 0.25) is 0 Å². The molecule has 0 spiro atoms. The van der Waals surface area contributed by atoms with Crippen molar-refractivity contribution in [1.29, 1.82) is 0 Å². The van der Waals surface area contributed by atoms with Gasteiger partial charge in [0, 0.05) is 26.1 Å². The Morgan fingerprint density at radius 2 is 1.95 bits per heavy atom. The van der Waals surface area contributed by atoms with E-state index in [2.05, 4.69) is 37.9 Å². The number of unbranched alkanes of at least 4 members (excludes halogenated alkanes) is 2. The van der Waals surface area contributed by atoms with Gasteiger partial charge in [0.05, 0.1) is 11.7 Å². The number of hydrogen-bond acceptors (Lipinski definition) is 4. The molecule has 3 rings (SSSR count). The third-order valence-electron chi connectivity index (χ3n) is 10.5. The molecule has 42 heavy (non-hydrogen) atoms. The fourth-order valence-corrected chi connectivity index (χ4v) is 8.09. The lowest BCUT2D eigenvalue weighted by molar-refractivity contribution is -0.121. The first-order chi connectivity index (χ1) is 20.0. The zero-order valence-corrected chi connectivity index (χ0v) is 27.2. The van der Waals surface area contributed by atoms with Crippen LogP contribution in [-0.2, 0) is 9.53 Å². The van der Waals surface area contributed by atoms with Crippen molar-refractivity contribution in [3.05, 3.63) is 35.5 Å². The fourth-order valence-electron chi connectivity index (χ4n) is 8.09. The number of hydrogen-bond donors (Lipinski definition) is 3. The molecule has 3 saturated carbocycles. The lowest BCUT2D eigenvalue weighted by Crippen LogP contribution is -2.36. The average molecular weight is 589 g/mol. The van der Waals surface area contributed by atoms with Crippen molar-refractivity contribution in [2.24, 2.45) is 23.2 Å². The maximum absolute atomic E-state index is 12.0. The number of allylic oxidation sites excluding steroid dienone is 4. The van der Waals surface area contributed by atoms with Crippen LogP contribution >= 0.6 is 0 Å². The predicted molar refractivity (Wildman–Crippen MR) is 172 cm³/mol. The number of carbonyl (C=O) groups is 1. The normalized spacial score (nSPS) is 29.2. The largest absolute Gasteiger partial charge is 0.390 e. The van der Waals surface area contributed by atoms with Gasteiger partial charge in [-0.15, -0.1) is 4.48 Å². The lowest BCUT2D eigenvalue weighted by Gasteiger charge is -2.44. The van der Waals surface area contributed by atoms with Gasteiger partial charge in [-0.1, -0.05) is 63.0 Å². The molecular formula is C36H61FN2O3. The van der Waals surface area contributed by atoms with Crippen LogP contribution < -0.4 is 10.9 Å². The summed E-state index contributed by atoms with van der Waals surface area (Å²) < 4.78 is 18.1. The number of nitrogens with one attached hydrogen (secondary N) is 2. The molecule has 0 aromatic carbocycles. The molecule has 5 nitrogen and oxygen atoms in total. The number of halogens is 1. The molecule has 0 aromatic heterocycles. The standard InChI is InChI=1S/C36H61FN2O3/c1-27-15-18-31(42-25-11-23-38-34(40)14-7-6-8-24-39-37)26-30(27)17-16-29-13-10-22-36(5)32(19-20-33(29)36)28(2)12-9-21-35(3,4)41/h16-17,28,31-33,39,41H,1,6-15,18-26H2,2-5H3,(H,38,40)/b29-16+,30-17-/t28-,31?,32?,33?,36-/m1/s1. The van der Waals surface area contributed by atoms with Crippen molar-refractivity contribution in [2.75, 3.05) is 19.7 Å². The maximum atomic E-state index is 12.0. The van der Waals surface area contributed by atoms with Gasteiger partial charge in [-0.2, -0.15) is 5.54 Å². The van der Waals surface area contributed by atoms with Crippen LogP contribution in [0, 0.1) is 23.2 Å². The summed E-state index contributed by atoms with van der Waals surface area (Å²) in [5.41, 5.74) is 5.73. The van der Waals surface area contributed by atoms with Crippen molar-refractivity contribution in [3.63, 3.8) is 0 Å². The zero-order chi connectivity index (χ0) is 30.6. The minimum Gasteiger partial charge on any atom is -0.390 e. The van der Waals surface area contributed by atoms with Crippen molar-refractivity contribution in [2.45, 2.75) is 142 Å². The van der Waals surface area contributed by atoms with Crippen molar-refractivity contribution >= 4 is 5.91 Å². The van der Waals surface area contributed by atoms with E-state index in [1.165, 1.54) is 49.7 Å². The molecule has 0 bridgehead atoms. The minimum absolute atomic E-state index is 0.0722. The molecule has 3 unspecified atom stereocenters. The second kappa shape index (κ2) is 17.1. The van der Waals surface area contributed by atoms with Crippen molar-refractivity contribution in [1.82, 2.24) is 10.9 Å². The first kappa shape index (κ1) is 35.0. The van der Waals surface area contributed by atoms with E-state index >= 15 is 0 Å². The van der Waals surface area contributed by atoms with Gasteiger partial charge < -0.3 is 15.2 Å². The van der Waals surface area contributed by atoms with Crippen LogP contribution in [0.3, 0.4) is 0 Å². The van der Waals surface area contributed by atoms with Crippen LogP contribution in [0.5, 0.6) is 0 Å². The highest BCUT2D eigenvalue weighted by atomic mass is 19.2. The number of rotatable bonds is 17. The smallest absolute Gasteiger partial charge is 0.219 e. The van der Waals surface area contributed by atoms with E-state index in [9.17, 15) is 14.4 Å². The van der Waals surface area contributed by atoms with Crippen LogP contribution in [-0.4, -0.2) is 42.4 Å². The van der Waals surface area contributed by atoms with Gasteiger partial charge in [0.15, 0.2) is 0 Å². The van der Waals surface area contributed by atoms with E-state index in [1.54, 1.807) is 11.1 Å². The van der Waals surface area contributed by atoms with Crippen LogP contribution in [0.15, 0.2) is 35.5 Å². The summed E-state index contributed by atoms with van der Waals surface area (Å²) in [7, 11) is 0. The minimum atomic E-state index is -0.557. The maximum Gasteiger partial charge on any atom is 0.219 e. The van der Waals surface area contributed by atoms with Crippen LogP contribution in [0.1, 0.15) is 130 Å². The number of fused-ring (bicyclic) bond motifs is 1. The second-order valence-electron chi connectivity index (χ2n) is 14.4. The molecule has 0 radical (unpaired) electrons. The van der Waals surface area contributed by atoms with Crippen LogP contribution in [0.4, 0.5) is 4.48 Å². The van der Waals surface area contributed by atoms with E-state index in [-0.39, 0.29) is 12.0 Å². The quantitative estimate of drug-likeness (QED) is 0.118.